The Morgan fingerprint density at radius 2 is 1.96 bits per heavy atom. The zero-order chi connectivity index (χ0) is 17.7. The van der Waals surface area contributed by atoms with Gasteiger partial charge in [-0.15, -0.1) is 0 Å². The number of nitrogens with zero attached hydrogens (tertiary/aromatic N) is 1. The van der Waals surface area contributed by atoms with Crippen LogP contribution >= 0.6 is 0 Å². The number of anilines is 2. The monoisotopic (exact) mass is 333 g/mol. The summed E-state index contributed by atoms with van der Waals surface area (Å²) in [4.78, 5) is 22.1. The Balaban J connectivity index is 2.03. The lowest BCUT2D eigenvalue weighted by Crippen LogP contribution is -2.22. The molecule has 2 aromatic rings. The SMILES string of the molecule is COc1cc([N+](=O)[O-])ccc1NC(=O)CNc1ccc(C)cc1F. The summed E-state index contributed by atoms with van der Waals surface area (Å²) in [6.45, 7) is 1.60. The molecular formula is C16H16FN3O4. The highest BCUT2D eigenvalue weighted by atomic mass is 19.1. The summed E-state index contributed by atoms with van der Waals surface area (Å²) in [5.74, 6) is -0.725. The number of nitrogens with one attached hydrogen (secondary N) is 2. The summed E-state index contributed by atoms with van der Waals surface area (Å²) in [7, 11) is 1.34. The molecule has 0 saturated heterocycles. The second kappa shape index (κ2) is 7.40. The van der Waals surface area contributed by atoms with Crippen molar-refractivity contribution in [1.29, 1.82) is 0 Å². The summed E-state index contributed by atoms with van der Waals surface area (Å²) in [6, 6.07) is 8.47. The second-order valence-corrected chi connectivity index (χ2v) is 5.03. The van der Waals surface area contributed by atoms with Gasteiger partial charge in [-0.2, -0.15) is 0 Å². The molecule has 126 valence electrons. The Morgan fingerprint density at radius 3 is 2.58 bits per heavy atom. The topological polar surface area (TPSA) is 93.5 Å². The van der Waals surface area contributed by atoms with Crippen molar-refractivity contribution in [3.8, 4) is 5.75 Å². The maximum absolute atomic E-state index is 13.7. The average molecular weight is 333 g/mol. The van der Waals surface area contributed by atoms with Gasteiger partial charge >= 0.3 is 0 Å². The zero-order valence-electron chi connectivity index (χ0n) is 13.1. The van der Waals surface area contributed by atoms with Crippen molar-refractivity contribution in [2.24, 2.45) is 0 Å². The van der Waals surface area contributed by atoms with Crippen LogP contribution in [0.25, 0.3) is 0 Å². The predicted octanol–water partition coefficient (Wildman–Crippen LogP) is 3.10. The number of benzene rings is 2. The minimum Gasteiger partial charge on any atom is -0.494 e. The van der Waals surface area contributed by atoms with E-state index in [1.54, 1.807) is 19.1 Å². The molecule has 24 heavy (non-hydrogen) atoms. The molecule has 0 bridgehead atoms. The van der Waals surface area contributed by atoms with Gasteiger partial charge in [0.25, 0.3) is 5.69 Å². The van der Waals surface area contributed by atoms with Gasteiger partial charge < -0.3 is 15.4 Å². The molecule has 2 rings (SSSR count). The molecule has 0 aliphatic heterocycles. The van der Waals surface area contributed by atoms with Gasteiger partial charge in [0, 0.05) is 6.07 Å². The fraction of sp³-hybridized carbons (Fsp3) is 0.188. The Hall–Kier alpha value is -3.16. The molecule has 2 aromatic carbocycles. The number of halogens is 1. The number of carbonyl (C=O) groups is 1. The highest BCUT2D eigenvalue weighted by molar-refractivity contribution is 5.95. The first-order valence-electron chi connectivity index (χ1n) is 7.03. The van der Waals surface area contributed by atoms with Crippen LogP contribution in [0, 0.1) is 22.9 Å². The lowest BCUT2D eigenvalue weighted by Gasteiger charge is -2.11. The molecule has 0 saturated carbocycles. The fourth-order valence-corrected chi connectivity index (χ4v) is 2.03. The number of nitro benzene ring substituents is 1. The second-order valence-electron chi connectivity index (χ2n) is 5.03. The van der Waals surface area contributed by atoms with Gasteiger partial charge in [-0.1, -0.05) is 6.07 Å². The maximum atomic E-state index is 13.7. The third kappa shape index (κ3) is 4.19. The van der Waals surface area contributed by atoms with E-state index < -0.39 is 16.6 Å². The van der Waals surface area contributed by atoms with Crippen LogP contribution in [0.1, 0.15) is 5.56 Å². The minimum atomic E-state index is -0.560. The maximum Gasteiger partial charge on any atom is 0.273 e. The number of hydrogen-bond donors (Lipinski definition) is 2. The number of aryl methyl sites for hydroxylation is 1. The fourth-order valence-electron chi connectivity index (χ4n) is 2.03. The standard InChI is InChI=1S/C16H16FN3O4/c1-10-3-5-13(12(17)7-10)18-9-16(21)19-14-6-4-11(20(22)23)8-15(14)24-2/h3-8,18H,9H2,1-2H3,(H,19,21). The third-order valence-electron chi connectivity index (χ3n) is 3.23. The number of amides is 1. The minimum absolute atomic E-state index is 0.148. The van der Waals surface area contributed by atoms with Crippen LogP contribution in [0.2, 0.25) is 0 Å². The largest absolute Gasteiger partial charge is 0.494 e. The molecule has 0 aliphatic carbocycles. The van der Waals surface area contributed by atoms with Crippen LogP contribution in [0.4, 0.5) is 21.5 Å². The molecule has 0 atom stereocenters. The summed E-state index contributed by atoms with van der Waals surface area (Å²) in [5.41, 5.74) is 1.13. The summed E-state index contributed by atoms with van der Waals surface area (Å²) in [5, 5.41) is 16.0. The van der Waals surface area contributed by atoms with Gasteiger partial charge in [-0.05, 0) is 30.7 Å². The summed E-state index contributed by atoms with van der Waals surface area (Å²) in [6.07, 6.45) is 0. The molecule has 1 amide bonds. The quantitative estimate of drug-likeness (QED) is 0.626. The van der Waals surface area contributed by atoms with Crippen LogP contribution < -0.4 is 15.4 Å². The van der Waals surface area contributed by atoms with E-state index in [0.29, 0.717) is 5.69 Å². The van der Waals surface area contributed by atoms with E-state index in [9.17, 15) is 19.3 Å². The molecule has 2 N–H and O–H groups in total. The summed E-state index contributed by atoms with van der Waals surface area (Å²) < 4.78 is 18.7. The highest BCUT2D eigenvalue weighted by Crippen LogP contribution is 2.28. The van der Waals surface area contributed by atoms with E-state index >= 15 is 0 Å². The number of carbonyl (C=O) groups excluding carboxylic acids is 1. The average Bonchev–Trinajstić information content (AvgIpc) is 2.54. The predicted molar refractivity (Wildman–Crippen MR) is 87.9 cm³/mol. The number of rotatable bonds is 6. The van der Waals surface area contributed by atoms with E-state index in [2.05, 4.69) is 10.6 Å². The van der Waals surface area contributed by atoms with E-state index in [0.717, 1.165) is 5.56 Å². The number of nitro groups is 1. The van der Waals surface area contributed by atoms with Crippen LogP contribution in [0.15, 0.2) is 36.4 Å². The number of non-ortho nitro benzene ring substituents is 1. The summed E-state index contributed by atoms with van der Waals surface area (Å²) >= 11 is 0. The Bertz CT molecular complexity index is 780. The van der Waals surface area contributed by atoms with Gasteiger partial charge in [0.05, 0.1) is 36.0 Å². The van der Waals surface area contributed by atoms with E-state index in [-0.39, 0.29) is 23.7 Å². The molecule has 0 fully saturated rings. The first kappa shape index (κ1) is 17.2. The molecule has 0 aromatic heterocycles. The van der Waals surface area contributed by atoms with Crippen LogP contribution in [-0.4, -0.2) is 24.5 Å². The van der Waals surface area contributed by atoms with Crippen LogP contribution in [-0.2, 0) is 4.79 Å². The van der Waals surface area contributed by atoms with Gasteiger partial charge in [0.1, 0.15) is 11.6 Å². The Morgan fingerprint density at radius 1 is 1.25 bits per heavy atom. The Labute approximate surface area is 137 Å². The normalized spacial score (nSPS) is 10.1. The molecular weight excluding hydrogens is 317 g/mol. The smallest absolute Gasteiger partial charge is 0.273 e. The van der Waals surface area contributed by atoms with E-state index in [1.807, 2.05) is 0 Å². The van der Waals surface area contributed by atoms with Crippen molar-refractivity contribution >= 4 is 23.0 Å². The van der Waals surface area contributed by atoms with E-state index in [4.69, 9.17) is 4.74 Å². The first-order chi connectivity index (χ1) is 11.4. The first-order valence-corrected chi connectivity index (χ1v) is 7.03. The van der Waals surface area contributed by atoms with Crippen LogP contribution in [0.5, 0.6) is 5.75 Å². The third-order valence-corrected chi connectivity index (χ3v) is 3.23. The molecule has 0 spiro atoms. The molecule has 0 heterocycles. The molecule has 8 heteroatoms. The van der Waals surface area contributed by atoms with Crippen LogP contribution in [0.3, 0.4) is 0 Å². The highest BCUT2D eigenvalue weighted by Gasteiger charge is 2.13. The number of hydrogen-bond acceptors (Lipinski definition) is 5. The van der Waals surface area contributed by atoms with Crippen molar-refractivity contribution in [3.05, 3.63) is 57.9 Å². The molecule has 0 unspecified atom stereocenters. The van der Waals surface area contributed by atoms with Crippen molar-refractivity contribution in [1.82, 2.24) is 0 Å². The van der Waals surface area contributed by atoms with Gasteiger partial charge in [0.15, 0.2) is 0 Å². The number of methoxy groups -OCH3 is 1. The van der Waals surface area contributed by atoms with Crippen molar-refractivity contribution in [3.63, 3.8) is 0 Å². The lowest BCUT2D eigenvalue weighted by atomic mass is 10.2. The van der Waals surface area contributed by atoms with Crippen molar-refractivity contribution < 1.29 is 18.8 Å². The number of ether oxygens (including phenoxy) is 1. The molecule has 0 aliphatic rings. The van der Waals surface area contributed by atoms with Gasteiger partial charge in [-0.3, -0.25) is 14.9 Å². The van der Waals surface area contributed by atoms with Gasteiger partial charge in [0.2, 0.25) is 5.91 Å². The van der Waals surface area contributed by atoms with Crippen molar-refractivity contribution in [2.75, 3.05) is 24.3 Å². The lowest BCUT2D eigenvalue weighted by molar-refractivity contribution is -0.384. The van der Waals surface area contributed by atoms with Gasteiger partial charge in [-0.25, -0.2) is 4.39 Å². The van der Waals surface area contributed by atoms with Crippen molar-refractivity contribution in [2.45, 2.75) is 6.92 Å². The zero-order valence-corrected chi connectivity index (χ0v) is 13.1. The molecule has 0 radical (unpaired) electrons. The Kier molecular flexibility index (Phi) is 5.31. The molecule has 7 nitrogen and oxygen atoms in total. The van der Waals surface area contributed by atoms with E-state index in [1.165, 1.54) is 31.4 Å².